The summed E-state index contributed by atoms with van der Waals surface area (Å²) in [7, 11) is -2.09. The van der Waals surface area contributed by atoms with Crippen molar-refractivity contribution in [3.8, 4) is 5.75 Å². The van der Waals surface area contributed by atoms with E-state index in [4.69, 9.17) is 10.5 Å². The van der Waals surface area contributed by atoms with Gasteiger partial charge in [-0.15, -0.1) is 0 Å². The average molecular weight is 284 g/mol. The molecule has 1 aliphatic carbocycles. The van der Waals surface area contributed by atoms with Crippen LogP contribution in [0.25, 0.3) is 0 Å². The van der Waals surface area contributed by atoms with Gasteiger partial charge in [-0.05, 0) is 30.0 Å². The van der Waals surface area contributed by atoms with E-state index in [0.717, 1.165) is 18.4 Å². The lowest BCUT2D eigenvalue weighted by atomic mass is 10.2. The second-order valence-corrected chi connectivity index (χ2v) is 6.50. The number of nitrogens with one attached hydrogen (secondary N) is 1. The van der Waals surface area contributed by atoms with E-state index in [1.165, 1.54) is 7.11 Å². The molecule has 0 radical (unpaired) electrons. The van der Waals surface area contributed by atoms with Crippen LogP contribution in [0.15, 0.2) is 23.1 Å². The third-order valence-corrected chi connectivity index (χ3v) is 5.02. The summed E-state index contributed by atoms with van der Waals surface area (Å²) in [5.41, 5.74) is 6.32. The standard InChI is InChI=1S/C13H20N2O3S/c1-3-10-7-11(10)15-19(16,17)13-6-9(8-14)4-5-12(13)18-2/h4-6,10-11,15H,3,7-8,14H2,1-2H3. The van der Waals surface area contributed by atoms with Gasteiger partial charge in [0, 0.05) is 12.6 Å². The number of hydrogen-bond acceptors (Lipinski definition) is 4. The molecule has 2 atom stereocenters. The second kappa shape index (κ2) is 5.48. The number of hydrogen-bond donors (Lipinski definition) is 2. The summed E-state index contributed by atoms with van der Waals surface area (Å²) in [5.74, 6) is 0.803. The lowest BCUT2D eigenvalue weighted by Crippen LogP contribution is -2.27. The zero-order valence-corrected chi connectivity index (χ0v) is 12.0. The van der Waals surface area contributed by atoms with Crippen LogP contribution in [0.1, 0.15) is 25.3 Å². The van der Waals surface area contributed by atoms with E-state index < -0.39 is 10.0 Å². The highest BCUT2D eigenvalue weighted by Crippen LogP contribution is 2.35. The Bertz CT molecular complexity index is 557. The number of ether oxygens (including phenoxy) is 1. The van der Waals surface area contributed by atoms with Gasteiger partial charge in [-0.2, -0.15) is 0 Å². The van der Waals surface area contributed by atoms with Crippen molar-refractivity contribution in [1.29, 1.82) is 0 Å². The quantitative estimate of drug-likeness (QED) is 0.823. The van der Waals surface area contributed by atoms with Crippen molar-refractivity contribution in [1.82, 2.24) is 4.72 Å². The van der Waals surface area contributed by atoms with Crippen LogP contribution in [0, 0.1) is 5.92 Å². The molecule has 2 unspecified atom stereocenters. The van der Waals surface area contributed by atoms with Crippen LogP contribution in [0.2, 0.25) is 0 Å². The van der Waals surface area contributed by atoms with E-state index >= 15 is 0 Å². The lowest BCUT2D eigenvalue weighted by molar-refractivity contribution is 0.402. The van der Waals surface area contributed by atoms with Crippen molar-refractivity contribution in [3.63, 3.8) is 0 Å². The molecule has 6 heteroatoms. The third kappa shape index (κ3) is 3.08. The molecule has 1 aliphatic rings. The fourth-order valence-electron chi connectivity index (χ4n) is 2.16. The summed E-state index contributed by atoms with van der Waals surface area (Å²) in [6.45, 7) is 2.36. The Balaban J connectivity index is 2.28. The molecule has 1 aromatic carbocycles. The molecule has 0 spiro atoms. The van der Waals surface area contributed by atoms with Gasteiger partial charge in [0.15, 0.2) is 0 Å². The van der Waals surface area contributed by atoms with Gasteiger partial charge in [0.2, 0.25) is 10.0 Å². The minimum Gasteiger partial charge on any atom is -0.495 e. The largest absolute Gasteiger partial charge is 0.495 e. The predicted octanol–water partition coefficient (Wildman–Crippen LogP) is 1.23. The first-order valence-corrected chi connectivity index (χ1v) is 7.89. The molecule has 0 heterocycles. The first-order chi connectivity index (χ1) is 9.01. The van der Waals surface area contributed by atoms with Crippen LogP contribution < -0.4 is 15.2 Å². The van der Waals surface area contributed by atoms with Gasteiger partial charge in [-0.25, -0.2) is 13.1 Å². The lowest BCUT2D eigenvalue weighted by Gasteiger charge is -2.12. The van der Waals surface area contributed by atoms with Crippen molar-refractivity contribution in [2.75, 3.05) is 7.11 Å². The highest BCUT2D eigenvalue weighted by atomic mass is 32.2. The van der Waals surface area contributed by atoms with Crippen molar-refractivity contribution < 1.29 is 13.2 Å². The van der Waals surface area contributed by atoms with Crippen LogP contribution >= 0.6 is 0 Å². The fraction of sp³-hybridized carbons (Fsp3) is 0.538. The molecule has 1 saturated carbocycles. The zero-order chi connectivity index (χ0) is 14.0. The predicted molar refractivity (Wildman–Crippen MR) is 73.4 cm³/mol. The maximum Gasteiger partial charge on any atom is 0.244 e. The second-order valence-electron chi connectivity index (χ2n) is 4.82. The Morgan fingerprint density at radius 1 is 1.47 bits per heavy atom. The highest BCUT2D eigenvalue weighted by molar-refractivity contribution is 7.89. The monoisotopic (exact) mass is 284 g/mol. The SMILES string of the molecule is CCC1CC1NS(=O)(=O)c1cc(CN)ccc1OC. The van der Waals surface area contributed by atoms with E-state index in [1.54, 1.807) is 18.2 Å². The number of sulfonamides is 1. The maximum atomic E-state index is 12.4. The molecule has 1 fully saturated rings. The van der Waals surface area contributed by atoms with Crippen LogP contribution in [0.4, 0.5) is 0 Å². The summed E-state index contributed by atoms with van der Waals surface area (Å²) in [4.78, 5) is 0.166. The van der Waals surface area contributed by atoms with Crippen molar-refractivity contribution in [2.45, 2.75) is 37.2 Å². The van der Waals surface area contributed by atoms with E-state index in [0.29, 0.717) is 18.2 Å². The Hall–Kier alpha value is -1.11. The van der Waals surface area contributed by atoms with Crippen molar-refractivity contribution in [2.24, 2.45) is 11.7 Å². The Kier molecular flexibility index (Phi) is 4.13. The molecule has 0 bridgehead atoms. The molecule has 0 saturated heterocycles. The third-order valence-electron chi connectivity index (χ3n) is 3.51. The first kappa shape index (κ1) is 14.3. The van der Waals surface area contributed by atoms with E-state index in [2.05, 4.69) is 11.6 Å². The number of methoxy groups -OCH3 is 1. The molecule has 0 aliphatic heterocycles. The van der Waals surface area contributed by atoms with E-state index in [1.807, 2.05) is 0 Å². The summed E-state index contributed by atoms with van der Waals surface area (Å²) < 4.78 is 32.6. The average Bonchev–Trinajstić information content (AvgIpc) is 3.15. The smallest absolute Gasteiger partial charge is 0.244 e. The Morgan fingerprint density at radius 3 is 2.74 bits per heavy atom. The number of rotatable bonds is 6. The van der Waals surface area contributed by atoms with Crippen LogP contribution in [-0.2, 0) is 16.6 Å². The van der Waals surface area contributed by atoms with Crippen LogP contribution in [0.5, 0.6) is 5.75 Å². The molecule has 106 valence electrons. The van der Waals surface area contributed by atoms with Gasteiger partial charge in [0.25, 0.3) is 0 Å². The maximum absolute atomic E-state index is 12.4. The molecule has 3 N–H and O–H groups in total. The zero-order valence-electron chi connectivity index (χ0n) is 11.2. The summed E-state index contributed by atoms with van der Waals surface area (Å²) in [6.07, 6.45) is 1.90. The minimum atomic E-state index is -3.55. The first-order valence-electron chi connectivity index (χ1n) is 6.41. The number of nitrogens with two attached hydrogens (primary N) is 1. The normalized spacial score (nSPS) is 22.3. The summed E-state index contributed by atoms with van der Waals surface area (Å²) in [5, 5.41) is 0. The van der Waals surface area contributed by atoms with Gasteiger partial charge in [0.1, 0.15) is 10.6 Å². The van der Waals surface area contributed by atoms with E-state index in [9.17, 15) is 8.42 Å². The van der Waals surface area contributed by atoms with Gasteiger partial charge in [-0.3, -0.25) is 0 Å². The van der Waals surface area contributed by atoms with Gasteiger partial charge >= 0.3 is 0 Å². The van der Waals surface area contributed by atoms with Gasteiger partial charge in [-0.1, -0.05) is 19.4 Å². The van der Waals surface area contributed by atoms with Crippen LogP contribution in [-0.4, -0.2) is 21.6 Å². The fourth-order valence-corrected chi connectivity index (χ4v) is 3.70. The molecule has 2 rings (SSSR count). The molecule has 5 nitrogen and oxygen atoms in total. The minimum absolute atomic E-state index is 0.0567. The Labute approximate surface area is 114 Å². The highest BCUT2D eigenvalue weighted by Gasteiger charge is 2.39. The molecular weight excluding hydrogens is 264 g/mol. The van der Waals surface area contributed by atoms with Gasteiger partial charge in [0.05, 0.1) is 7.11 Å². The molecule has 19 heavy (non-hydrogen) atoms. The molecule has 0 amide bonds. The van der Waals surface area contributed by atoms with Crippen molar-refractivity contribution >= 4 is 10.0 Å². The molecular formula is C13H20N2O3S. The van der Waals surface area contributed by atoms with E-state index in [-0.39, 0.29) is 10.9 Å². The number of benzene rings is 1. The molecule has 0 aromatic heterocycles. The van der Waals surface area contributed by atoms with Gasteiger partial charge < -0.3 is 10.5 Å². The molecule has 1 aromatic rings. The summed E-state index contributed by atoms with van der Waals surface area (Å²) >= 11 is 0. The topological polar surface area (TPSA) is 81.4 Å². The van der Waals surface area contributed by atoms with Crippen LogP contribution in [0.3, 0.4) is 0 Å². The van der Waals surface area contributed by atoms with Crippen molar-refractivity contribution in [3.05, 3.63) is 23.8 Å². The Morgan fingerprint density at radius 2 is 2.21 bits per heavy atom. The summed E-state index contributed by atoms with van der Waals surface area (Å²) in [6, 6.07) is 5.04.